The molecule has 1 aliphatic rings. The van der Waals surface area contributed by atoms with Crippen LogP contribution in [0.15, 0.2) is 0 Å². The Morgan fingerprint density at radius 2 is 1.94 bits per heavy atom. The van der Waals surface area contributed by atoms with Gasteiger partial charge >= 0.3 is 5.97 Å². The van der Waals surface area contributed by atoms with Gasteiger partial charge in [-0.3, -0.25) is 4.79 Å². The minimum atomic E-state index is 0.0154. The van der Waals surface area contributed by atoms with Crippen molar-refractivity contribution in [1.29, 1.82) is 0 Å². The summed E-state index contributed by atoms with van der Waals surface area (Å²) in [6, 6.07) is 0. The summed E-state index contributed by atoms with van der Waals surface area (Å²) in [5.41, 5.74) is 0. The summed E-state index contributed by atoms with van der Waals surface area (Å²) in [5, 5.41) is 0. The molecule has 0 aromatic rings. The van der Waals surface area contributed by atoms with E-state index < -0.39 is 0 Å². The zero-order valence-corrected chi connectivity index (χ0v) is 10.7. The third-order valence-electron chi connectivity index (χ3n) is 3.49. The first-order valence-electron chi connectivity index (χ1n) is 6.98. The number of unbranched alkanes of at least 4 members (excludes halogenated alkanes) is 2. The van der Waals surface area contributed by atoms with Crippen LogP contribution in [0.25, 0.3) is 0 Å². The number of hydrogen-bond acceptors (Lipinski definition) is 2. The number of carbonyl (C=O) groups is 1. The van der Waals surface area contributed by atoms with E-state index in [1.807, 2.05) is 0 Å². The van der Waals surface area contributed by atoms with Crippen LogP contribution < -0.4 is 0 Å². The lowest BCUT2D eigenvalue weighted by Crippen LogP contribution is -2.11. The number of esters is 1. The second-order valence-electron chi connectivity index (χ2n) is 4.97. The van der Waals surface area contributed by atoms with E-state index in [1.165, 1.54) is 38.5 Å². The van der Waals surface area contributed by atoms with Crippen molar-refractivity contribution in [3.8, 4) is 0 Å². The monoisotopic (exact) mass is 226 g/mol. The molecule has 0 amide bonds. The second kappa shape index (κ2) is 8.60. The van der Waals surface area contributed by atoms with Gasteiger partial charge in [0.25, 0.3) is 0 Å². The van der Waals surface area contributed by atoms with E-state index in [4.69, 9.17) is 4.74 Å². The van der Waals surface area contributed by atoms with Gasteiger partial charge in [0.2, 0.25) is 0 Å². The molecule has 0 bridgehead atoms. The minimum Gasteiger partial charge on any atom is -0.466 e. The van der Waals surface area contributed by atoms with Crippen LogP contribution in [0, 0.1) is 5.92 Å². The van der Waals surface area contributed by atoms with Crippen LogP contribution in [-0.2, 0) is 9.53 Å². The van der Waals surface area contributed by atoms with Crippen LogP contribution in [0.2, 0.25) is 0 Å². The third kappa shape index (κ3) is 6.14. The zero-order valence-electron chi connectivity index (χ0n) is 10.7. The average molecular weight is 226 g/mol. The van der Waals surface area contributed by atoms with Crippen molar-refractivity contribution in [2.75, 3.05) is 6.61 Å². The molecule has 16 heavy (non-hydrogen) atoms. The van der Waals surface area contributed by atoms with Gasteiger partial charge in [-0.05, 0) is 18.8 Å². The van der Waals surface area contributed by atoms with E-state index in [9.17, 15) is 4.79 Å². The Labute approximate surface area is 99.8 Å². The topological polar surface area (TPSA) is 26.3 Å². The van der Waals surface area contributed by atoms with E-state index >= 15 is 0 Å². The van der Waals surface area contributed by atoms with Crippen LogP contribution >= 0.6 is 0 Å². The summed E-state index contributed by atoms with van der Waals surface area (Å²) in [6.45, 7) is 2.78. The Bertz CT molecular complexity index is 183. The molecule has 1 aliphatic carbocycles. The zero-order chi connectivity index (χ0) is 11.6. The highest BCUT2D eigenvalue weighted by molar-refractivity contribution is 5.69. The van der Waals surface area contributed by atoms with Gasteiger partial charge in [-0.1, -0.05) is 51.9 Å². The molecule has 94 valence electrons. The van der Waals surface area contributed by atoms with Crippen LogP contribution in [-0.4, -0.2) is 12.6 Å². The molecule has 0 saturated heterocycles. The maximum Gasteiger partial charge on any atom is 0.305 e. The molecule has 1 fully saturated rings. The molecule has 0 aromatic carbocycles. The first-order chi connectivity index (χ1) is 7.83. The summed E-state index contributed by atoms with van der Waals surface area (Å²) in [6.07, 6.45) is 11.8. The lowest BCUT2D eigenvalue weighted by atomic mass is 9.86. The van der Waals surface area contributed by atoms with Crippen molar-refractivity contribution >= 4 is 5.97 Å². The van der Waals surface area contributed by atoms with Gasteiger partial charge in [0, 0.05) is 6.42 Å². The molecule has 1 rings (SSSR count). The summed E-state index contributed by atoms with van der Waals surface area (Å²) < 4.78 is 5.20. The van der Waals surface area contributed by atoms with Crippen LogP contribution in [0.3, 0.4) is 0 Å². The molecule has 0 spiro atoms. The summed E-state index contributed by atoms with van der Waals surface area (Å²) in [4.78, 5) is 11.4. The van der Waals surface area contributed by atoms with Gasteiger partial charge in [-0.2, -0.15) is 0 Å². The van der Waals surface area contributed by atoms with Gasteiger partial charge in [-0.15, -0.1) is 0 Å². The fourth-order valence-corrected chi connectivity index (χ4v) is 2.41. The Kier molecular flexibility index (Phi) is 7.28. The van der Waals surface area contributed by atoms with E-state index in [0.29, 0.717) is 13.0 Å². The highest BCUT2D eigenvalue weighted by Crippen LogP contribution is 2.27. The van der Waals surface area contributed by atoms with Crippen LogP contribution in [0.4, 0.5) is 0 Å². The molecule has 0 atom stereocenters. The highest BCUT2D eigenvalue weighted by Gasteiger charge is 2.15. The lowest BCUT2D eigenvalue weighted by molar-refractivity contribution is -0.144. The Hall–Kier alpha value is -0.530. The molecule has 1 saturated carbocycles. The maximum absolute atomic E-state index is 11.4. The quantitative estimate of drug-likeness (QED) is 0.483. The van der Waals surface area contributed by atoms with Gasteiger partial charge in [-0.25, -0.2) is 0 Å². The summed E-state index contributed by atoms with van der Waals surface area (Å²) in [7, 11) is 0. The fourth-order valence-electron chi connectivity index (χ4n) is 2.41. The number of carbonyl (C=O) groups excluding carboxylic acids is 1. The van der Waals surface area contributed by atoms with Crippen molar-refractivity contribution in [1.82, 2.24) is 0 Å². The lowest BCUT2D eigenvalue weighted by Gasteiger charge is -2.20. The molecular formula is C14H26O2. The van der Waals surface area contributed by atoms with Gasteiger partial charge in [0.15, 0.2) is 0 Å². The molecule has 0 aliphatic heterocycles. The van der Waals surface area contributed by atoms with Gasteiger partial charge in [0.1, 0.15) is 0 Å². The predicted octanol–water partition coefficient (Wildman–Crippen LogP) is 4.08. The standard InChI is InChI=1S/C14H26O2/c1-2-3-7-12-16-14(15)11-10-13-8-5-4-6-9-13/h13H,2-12H2,1H3. The van der Waals surface area contributed by atoms with Crippen molar-refractivity contribution in [2.24, 2.45) is 5.92 Å². The Balaban J connectivity index is 1.96. The van der Waals surface area contributed by atoms with Crippen LogP contribution in [0.1, 0.15) is 71.1 Å². The number of ether oxygens (including phenoxy) is 1. The molecule has 0 radical (unpaired) electrons. The van der Waals surface area contributed by atoms with Crippen molar-refractivity contribution < 1.29 is 9.53 Å². The Morgan fingerprint density at radius 1 is 1.19 bits per heavy atom. The molecule has 2 heteroatoms. The summed E-state index contributed by atoms with van der Waals surface area (Å²) >= 11 is 0. The summed E-state index contributed by atoms with van der Waals surface area (Å²) in [5.74, 6) is 0.804. The largest absolute Gasteiger partial charge is 0.466 e. The maximum atomic E-state index is 11.4. The van der Waals surface area contributed by atoms with Gasteiger partial charge < -0.3 is 4.74 Å². The average Bonchev–Trinajstić information content (AvgIpc) is 2.33. The fraction of sp³-hybridized carbons (Fsp3) is 0.929. The number of hydrogen-bond donors (Lipinski definition) is 0. The SMILES string of the molecule is CCCCCOC(=O)CCC1CCCCC1. The molecule has 0 aromatic heterocycles. The van der Waals surface area contributed by atoms with Crippen molar-refractivity contribution in [3.63, 3.8) is 0 Å². The predicted molar refractivity (Wildman–Crippen MR) is 66.3 cm³/mol. The molecule has 0 unspecified atom stereocenters. The van der Waals surface area contributed by atoms with E-state index in [0.717, 1.165) is 25.2 Å². The first-order valence-corrected chi connectivity index (χ1v) is 6.98. The smallest absolute Gasteiger partial charge is 0.305 e. The highest BCUT2D eigenvalue weighted by atomic mass is 16.5. The van der Waals surface area contributed by atoms with Gasteiger partial charge in [0.05, 0.1) is 6.61 Å². The van der Waals surface area contributed by atoms with E-state index in [-0.39, 0.29) is 5.97 Å². The Morgan fingerprint density at radius 3 is 2.62 bits per heavy atom. The molecule has 0 heterocycles. The third-order valence-corrected chi connectivity index (χ3v) is 3.49. The van der Waals surface area contributed by atoms with Crippen LogP contribution in [0.5, 0.6) is 0 Å². The molecular weight excluding hydrogens is 200 g/mol. The molecule has 2 nitrogen and oxygen atoms in total. The van der Waals surface area contributed by atoms with Crippen molar-refractivity contribution in [2.45, 2.75) is 71.1 Å². The minimum absolute atomic E-state index is 0.0154. The van der Waals surface area contributed by atoms with E-state index in [1.54, 1.807) is 0 Å². The van der Waals surface area contributed by atoms with Crippen molar-refractivity contribution in [3.05, 3.63) is 0 Å². The van der Waals surface area contributed by atoms with E-state index in [2.05, 4.69) is 6.92 Å². The normalized spacial score (nSPS) is 17.3. The molecule has 0 N–H and O–H groups in total. The first kappa shape index (κ1) is 13.5. The number of rotatable bonds is 7. The second-order valence-corrected chi connectivity index (χ2v) is 4.97.